The van der Waals surface area contributed by atoms with Gasteiger partial charge in [0.05, 0.1) is 7.11 Å². The van der Waals surface area contributed by atoms with Crippen molar-refractivity contribution in [3.63, 3.8) is 0 Å². The molecule has 0 spiro atoms. The van der Waals surface area contributed by atoms with Gasteiger partial charge in [0.2, 0.25) is 5.89 Å². The van der Waals surface area contributed by atoms with E-state index in [0.29, 0.717) is 29.3 Å². The number of benzene rings is 1. The van der Waals surface area contributed by atoms with E-state index < -0.39 is 0 Å². The maximum absolute atomic E-state index is 5.68. The zero-order chi connectivity index (χ0) is 14.7. The number of ether oxygens (including phenoxy) is 2. The van der Waals surface area contributed by atoms with Crippen LogP contribution in [0, 0.1) is 6.92 Å². The first kappa shape index (κ1) is 13.9. The van der Waals surface area contributed by atoms with Crippen molar-refractivity contribution in [1.82, 2.24) is 15.5 Å². The van der Waals surface area contributed by atoms with E-state index in [1.165, 1.54) is 18.4 Å². The van der Waals surface area contributed by atoms with Crippen molar-refractivity contribution in [2.45, 2.75) is 39.0 Å². The lowest BCUT2D eigenvalue weighted by Gasteiger charge is -2.11. The Hall–Kier alpha value is -2.08. The quantitative estimate of drug-likeness (QED) is 0.843. The molecule has 1 fully saturated rings. The molecule has 0 amide bonds. The first-order chi connectivity index (χ1) is 10.2. The highest BCUT2D eigenvalue weighted by Crippen LogP contribution is 2.29. The monoisotopic (exact) mass is 289 g/mol. The number of methoxy groups -OCH3 is 1. The number of hydrogen-bond acceptors (Lipinski definition) is 6. The maximum atomic E-state index is 5.68. The molecule has 0 saturated heterocycles. The minimum Gasteiger partial charge on any atom is -0.493 e. The van der Waals surface area contributed by atoms with E-state index in [2.05, 4.69) is 15.5 Å². The van der Waals surface area contributed by atoms with Crippen LogP contribution in [0.4, 0.5) is 0 Å². The summed E-state index contributed by atoms with van der Waals surface area (Å²) in [6, 6.07) is 6.62. The lowest BCUT2D eigenvalue weighted by molar-refractivity contribution is 0.248. The summed E-state index contributed by atoms with van der Waals surface area (Å²) < 4.78 is 16.3. The summed E-state index contributed by atoms with van der Waals surface area (Å²) in [6.45, 7) is 2.83. The molecule has 1 aromatic heterocycles. The van der Waals surface area contributed by atoms with Gasteiger partial charge in [-0.05, 0) is 30.5 Å². The molecule has 1 aromatic carbocycles. The minimum absolute atomic E-state index is 0.233. The summed E-state index contributed by atoms with van der Waals surface area (Å²) >= 11 is 0. The van der Waals surface area contributed by atoms with E-state index >= 15 is 0 Å². The van der Waals surface area contributed by atoms with Gasteiger partial charge in [0.15, 0.2) is 18.1 Å². The highest BCUT2D eigenvalue weighted by atomic mass is 16.5. The molecule has 1 aliphatic carbocycles. The van der Waals surface area contributed by atoms with Crippen LogP contribution in [0.15, 0.2) is 22.6 Å². The fourth-order valence-electron chi connectivity index (χ4n) is 2.03. The van der Waals surface area contributed by atoms with Crippen LogP contribution < -0.4 is 14.8 Å². The number of nitrogens with zero attached hydrogens (tertiary/aromatic N) is 2. The van der Waals surface area contributed by atoms with E-state index in [1.54, 1.807) is 14.0 Å². The molecule has 0 unspecified atom stereocenters. The van der Waals surface area contributed by atoms with Crippen LogP contribution in [0.2, 0.25) is 0 Å². The Morgan fingerprint density at radius 2 is 2.14 bits per heavy atom. The zero-order valence-electron chi connectivity index (χ0n) is 12.3. The normalized spacial score (nSPS) is 14.2. The van der Waals surface area contributed by atoms with Gasteiger partial charge in [-0.15, -0.1) is 10.2 Å². The van der Waals surface area contributed by atoms with Crippen molar-refractivity contribution in [1.29, 1.82) is 0 Å². The lowest BCUT2D eigenvalue weighted by atomic mass is 10.2. The van der Waals surface area contributed by atoms with Gasteiger partial charge in [-0.25, -0.2) is 0 Å². The molecule has 1 saturated carbocycles. The van der Waals surface area contributed by atoms with Gasteiger partial charge in [0.1, 0.15) is 0 Å². The van der Waals surface area contributed by atoms with E-state index in [0.717, 1.165) is 6.54 Å². The molecule has 0 atom stereocenters. The second-order valence-corrected chi connectivity index (χ2v) is 5.14. The largest absolute Gasteiger partial charge is 0.493 e. The Labute approximate surface area is 123 Å². The van der Waals surface area contributed by atoms with Gasteiger partial charge in [-0.1, -0.05) is 6.07 Å². The van der Waals surface area contributed by atoms with Crippen LogP contribution in [0.5, 0.6) is 11.5 Å². The van der Waals surface area contributed by atoms with Crippen molar-refractivity contribution in [3.05, 3.63) is 35.5 Å². The smallest absolute Gasteiger partial charge is 0.253 e. The lowest BCUT2D eigenvalue weighted by Crippen LogP contribution is -2.15. The molecule has 0 radical (unpaired) electrons. The number of nitrogens with one attached hydrogen (secondary N) is 1. The Morgan fingerprint density at radius 1 is 1.29 bits per heavy atom. The van der Waals surface area contributed by atoms with Crippen LogP contribution in [-0.2, 0) is 13.2 Å². The molecule has 2 aromatic rings. The SMILES string of the molecule is COc1cc(CNC2CC2)ccc1OCc1nnc(C)o1. The first-order valence-electron chi connectivity index (χ1n) is 7.06. The minimum atomic E-state index is 0.233. The van der Waals surface area contributed by atoms with Crippen molar-refractivity contribution >= 4 is 0 Å². The third kappa shape index (κ3) is 3.72. The number of rotatable bonds is 7. The Morgan fingerprint density at radius 3 is 2.81 bits per heavy atom. The second-order valence-electron chi connectivity index (χ2n) is 5.14. The first-order valence-corrected chi connectivity index (χ1v) is 7.06. The molecule has 6 nitrogen and oxygen atoms in total. The molecule has 6 heteroatoms. The summed E-state index contributed by atoms with van der Waals surface area (Å²) in [5.41, 5.74) is 1.18. The van der Waals surface area contributed by atoms with Crippen LogP contribution in [0.25, 0.3) is 0 Å². The van der Waals surface area contributed by atoms with Crippen molar-refractivity contribution < 1.29 is 13.9 Å². The highest BCUT2D eigenvalue weighted by Gasteiger charge is 2.20. The van der Waals surface area contributed by atoms with Gasteiger partial charge in [-0.2, -0.15) is 0 Å². The Kier molecular flexibility index (Phi) is 4.06. The van der Waals surface area contributed by atoms with E-state index in [1.807, 2.05) is 18.2 Å². The molecular weight excluding hydrogens is 270 g/mol. The molecule has 112 valence electrons. The van der Waals surface area contributed by atoms with Crippen molar-refractivity contribution in [3.8, 4) is 11.5 Å². The van der Waals surface area contributed by atoms with Gasteiger partial charge in [-0.3, -0.25) is 0 Å². The topological polar surface area (TPSA) is 69.4 Å². The fraction of sp³-hybridized carbons (Fsp3) is 0.467. The van der Waals surface area contributed by atoms with Crippen molar-refractivity contribution in [2.24, 2.45) is 0 Å². The predicted octanol–water partition coefficient (Wildman–Crippen LogP) is 2.22. The third-order valence-corrected chi connectivity index (χ3v) is 3.32. The van der Waals surface area contributed by atoms with Crippen LogP contribution >= 0.6 is 0 Å². The molecule has 21 heavy (non-hydrogen) atoms. The number of aromatic nitrogens is 2. The average Bonchev–Trinajstić information content (AvgIpc) is 3.24. The Balaban J connectivity index is 1.63. The van der Waals surface area contributed by atoms with E-state index in [-0.39, 0.29) is 6.61 Å². The standard InChI is InChI=1S/C15H19N3O3/c1-10-17-18-15(21-10)9-20-13-6-3-11(7-14(13)19-2)8-16-12-4-5-12/h3,6-7,12,16H,4-5,8-9H2,1-2H3. The van der Waals surface area contributed by atoms with Gasteiger partial charge in [0.25, 0.3) is 5.89 Å². The van der Waals surface area contributed by atoms with Gasteiger partial charge >= 0.3 is 0 Å². The zero-order valence-corrected chi connectivity index (χ0v) is 12.3. The van der Waals surface area contributed by atoms with Crippen LogP contribution in [0.1, 0.15) is 30.2 Å². The van der Waals surface area contributed by atoms with Crippen LogP contribution in [-0.4, -0.2) is 23.3 Å². The third-order valence-electron chi connectivity index (χ3n) is 3.32. The summed E-state index contributed by atoms with van der Waals surface area (Å²) in [4.78, 5) is 0. The predicted molar refractivity (Wildman–Crippen MR) is 76.2 cm³/mol. The summed E-state index contributed by atoms with van der Waals surface area (Å²) in [6.07, 6.45) is 2.56. The summed E-state index contributed by atoms with van der Waals surface area (Å²) in [7, 11) is 1.64. The molecular formula is C15H19N3O3. The molecule has 1 heterocycles. The fourth-order valence-corrected chi connectivity index (χ4v) is 2.03. The van der Waals surface area contributed by atoms with Crippen LogP contribution in [0.3, 0.4) is 0 Å². The second kappa shape index (κ2) is 6.13. The highest BCUT2D eigenvalue weighted by molar-refractivity contribution is 5.43. The summed E-state index contributed by atoms with van der Waals surface area (Å²) in [5.74, 6) is 2.36. The maximum Gasteiger partial charge on any atom is 0.253 e. The number of hydrogen-bond donors (Lipinski definition) is 1. The molecule has 3 rings (SSSR count). The van der Waals surface area contributed by atoms with E-state index in [9.17, 15) is 0 Å². The molecule has 0 bridgehead atoms. The number of aryl methyl sites for hydroxylation is 1. The molecule has 1 aliphatic rings. The van der Waals surface area contributed by atoms with Gasteiger partial charge < -0.3 is 19.2 Å². The van der Waals surface area contributed by atoms with Crippen molar-refractivity contribution in [2.75, 3.05) is 7.11 Å². The average molecular weight is 289 g/mol. The van der Waals surface area contributed by atoms with Gasteiger partial charge in [0, 0.05) is 19.5 Å². The molecule has 1 N–H and O–H groups in total. The Bertz CT molecular complexity index is 608. The van der Waals surface area contributed by atoms with E-state index in [4.69, 9.17) is 13.9 Å². The summed E-state index contributed by atoms with van der Waals surface area (Å²) in [5, 5.41) is 11.1. The molecule has 0 aliphatic heterocycles.